The van der Waals surface area contributed by atoms with E-state index in [4.69, 9.17) is 32.7 Å². The van der Waals surface area contributed by atoms with Crippen LogP contribution < -0.4 is 19.3 Å². The fourth-order valence-corrected chi connectivity index (χ4v) is 3.26. The fraction of sp³-hybridized carbons (Fsp3) is 0.312. The Balaban J connectivity index is 2.23. The van der Waals surface area contributed by atoms with Crippen LogP contribution >= 0.6 is 23.2 Å². The van der Waals surface area contributed by atoms with Gasteiger partial charge in [0.25, 0.3) is 6.43 Å². The Morgan fingerprint density at radius 1 is 1.14 bits per heavy atom. The number of hydrogen-bond donors (Lipinski definition) is 0. The third-order valence-corrected chi connectivity index (χ3v) is 4.56. The molecule has 2 heterocycles. The minimum absolute atomic E-state index is 0.0168. The molecule has 29 heavy (non-hydrogen) atoms. The molecule has 1 aliphatic rings. The van der Waals surface area contributed by atoms with Gasteiger partial charge in [0.2, 0.25) is 5.28 Å². The molecule has 2 amide bonds. The Morgan fingerprint density at radius 2 is 1.72 bits per heavy atom. The molecular weight excluding hydrogens is 443 g/mol. The molecule has 1 aromatic heterocycles. The molecule has 0 bridgehead atoms. The van der Waals surface area contributed by atoms with Crippen LogP contribution in [0.2, 0.25) is 10.4 Å². The summed E-state index contributed by atoms with van der Waals surface area (Å²) in [6.45, 7) is -1.62. The first-order valence-corrected chi connectivity index (χ1v) is 8.64. The molecular formula is C16H12Cl2F4N4O3. The predicted molar refractivity (Wildman–Crippen MR) is 96.4 cm³/mol. The van der Waals surface area contributed by atoms with Crippen molar-refractivity contribution in [2.45, 2.75) is 13.0 Å². The van der Waals surface area contributed by atoms with Crippen molar-refractivity contribution in [2.75, 3.05) is 30.6 Å². The molecule has 0 spiro atoms. The number of anilines is 2. The molecule has 1 aliphatic heterocycles. The standard InChI is InChI=1S/C16H12Cl2F4N4O3/c1-28-7-3-8(29-2)11(22)12(10(7)21)25-4-6-13(17)23-15(18)24-14(6)26(16(25)27)5-9(19)20/h3,9H,4-5H2,1-2H3. The number of nitrogens with zero attached hydrogens (tertiary/aromatic N) is 4. The van der Waals surface area contributed by atoms with E-state index in [0.717, 1.165) is 20.3 Å². The second kappa shape index (κ2) is 8.07. The van der Waals surface area contributed by atoms with Crippen LogP contribution in [0, 0.1) is 11.6 Å². The van der Waals surface area contributed by atoms with E-state index in [1.807, 2.05) is 0 Å². The van der Waals surface area contributed by atoms with Crippen LogP contribution in [0.15, 0.2) is 6.07 Å². The topological polar surface area (TPSA) is 67.8 Å². The molecule has 0 radical (unpaired) electrons. The third kappa shape index (κ3) is 3.71. The van der Waals surface area contributed by atoms with Crippen molar-refractivity contribution in [1.29, 1.82) is 0 Å². The lowest BCUT2D eigenvalue weighted by molar-refractivity contribution is 0.154. The Labute approximate surface area is 171 Å². The first-order valence-electron chi connectivity index (χ1n) is 7.88. The van der Waals surface area contributed by atoms with Crippen molar-refractivity contribution in [3.8, 4) is 11.5 Å². The smallest absolute Gasteiger partial charge is 0.330 e. The van der Waals surface area contributed by atoms with Crippen LogP contribution in [-0.2, 0) is 6.54 Å². The van der Waals surface area contributed by atoms with Gasteiger partial charge in [0, 0.05) is 6.07 Å². The minimum atomic E-state index is -2.98. The largest absolute Gasteiger partial charge is 0.493 e. The van der Waals surface area contributed by atoms with Gasteiger partial charge in [0.1, 0.15) is 16.7 Å². The Morgan fingerprint density at radius 3 is 2.24 bits per heavy atom. The Kier molecular flexibility index (Phi) is 5.90. The van der Waals surface area contributed by atoms with E-state index in [0.29, 0.717) is 9.80 Å². The summed E-state index contributed by atoms with van der Waals surface area (Å²) in [5, 5.41) is -0.637. The molecule has 0 saturated heterocycles. The first-order chi connectivity index (χ1) is 13.7. The van der Waals surface area contributed by atoms with E-state index in [1.54, 1.807) is 0 Å². The maximum Gasteiger partial charge on any atom is 0.330 e. The lowest BCUT2D eigenvalue weighted by atomic mass is 10.1. The number of hydrogen-bond acceptors (Lipinski definition) is 5. The van der Waals surface area contributed by atoms with Crippen molar-refractivity contribution >= 4 is 40.7 Å². The summed E-state index contributed by atoms with van der Waals surface area (Å²) in [6, 6.07) is -0.222. The van der Waals surface area contributed by atoms with Gasteiger partial charge in [-0.05, 0) is 11.6 Å². The molecule has 0 aliphatic carbocycles. The average Bonchev–Trinajstić information content (AvgIpc) is 2.65. The lowest BCUT2D eigenvalue weighted by Crippen LogP contribution is -2.50. The summed E-state index contributed by atoms with van der Waals surface area (Å²) in [7, 11) is 2.26. The number of halogens is 6. The summed E-state index contributed by atoms with van der Waals surface area (Å²) in [5.41, 5.74) is -0.876. The number of alkyl halides is 2. The van der Waals surface area contributed by atoms with Gasteiger partial charge in [0.05, 0.1) is 32.9 Å². The molecule has 1 aromatic carbocycles. The predicted octanol–water partition coefficient (Wildman–Crippen LogP) is 4.29. The number of amides is 2. The fourth-order valence-electron chi connectivity index (χ4n) is 2.83. The van der Waals surface area contributed by atoms with Crippen molar-refractivity contribution in [3.05, 3.63) is 33.7 Å². The zero-order valence-electron chi connectivity index (χ0n) is 14.9. The number of carbonyl (C=O) groups excluding carboxylic acids is 1. The van der Waals surface area contributed by atoms with Gasteiger partial charge < -0.3 is 9.47 Å². The van der Waals surface area contributed by atoms with Gasteiger partial charge in [-0.25, -0.2) is 27.3 Å². The number of ether oxygens (including phenoxy) is 2. The van der Waals surface area contributed by atoms with Crippen molar-refractivity contribution in [3.63, 3.8) is 0 Å². The van der Waals surface area contributed by atoms with E-state index < -0.39 is 54.4 Å². The van der Waals surface area contributed by atoms with E-state index >= 15 is 0 Å². The van der Waals surface area contributed by atoms with E-state index in [1.165, 1.54) is 0 Å². The monoisotopic (exact) mass is 454 g/mol. The maximum absolute atomic E-state index is 14.9. The van der Waals surface area contributed by atoms with Crippen molar-refractivity contribution in [2.24, 2.45) is 0 Å². The maximum atomic E-state index is 14.9. The summed E-state index contributed by atoms with van der Waals surface area (Å²) in [5.74, 6) is -3.57. The van der Waals surface area contributed by atoms with Crippen LogP contribution in [0.1, 0.15) is 5.56 Å². The van der Waals surface area contributed by atoms with Gasteiger partial charge in [-0.1, -0.05) is 11.6 Å². The molecule has 0 atom stereocenters. The zero-order chi connectivity index (χ0) is 21.5. The van der Waals surface area contributed by atoms with E-state index in [9.17, 15) is 22.4 Å². The molecule has 0 fully saturated rings. The Bertz CT molecular complexity index is 952. The number of methoxy groups -OCH3 is 2. The summed E-state index contributed by atoms with van der Waals surface area (Å²) in [4.78, 5) is 21.5. The van der Waals surface area contributed by atoms with Crippen LogP contribution in [-0.4, -0.2) is 43.2 Å². The van der Waals surface area contributed by atoms with Crippen LogP contribution in [0.4, 0.5) is 33.9 Å². The molecule has 0 saturated carbocycles. The van der Waals surface area contributed by atoms with Crippen molar-refractivity contribution in [1.82, 2.24) is 9.97 Å². The highest BCUT2D eigenvalue weighted by Gasteiger charge is 2.39. The van der Waals surface area contributed by atoms with Gasteiger partial charge in [-0.2, -0.15) is 4.98 Å². The van der Waals surface area contributed by atoms with E-state index in [-0.39, 0.29) is 21.8 Å². The van der Waals surface area contributed by atoms with Gasteiger partial charge in [-0.3, -0.25) is 9.80 Å². The number of benzene rings is 1. The zero-order valence-corrected chi connectivity index (χ0v) is 16.4. The number of rotatable bonds is 5. The summed E-state index contributed by atoms with van der Waals surface area (Å²) >= 11 is 11.7. The SMILES string of the molecule is COc1cc(OC)c(F)c(N2Cc3c(Cl)nc(Cl)nc3N(CC(F)F)C2=O)c1F. The number of urea groups is 1. The quantitative estimate of drug-likeness (QED) is 0.383. The van der Waals surface area contributed by atoms with Gasteiger partial charge in [0.15, 0.2) is 23.1 Å². The molecule has 0 N–H and O–H groups in total. The number of fused-ring (bicyclic) bond motifs is 1. The van der Waals surface area contributed by atoms with E-state index in [2.05, 4.69) is 9.97 Å². The van der Waals surface area contributed by atoms with Gasteiger partial charge >= 0.3 is 6.03 Å². The highest BCUT2D eigenvalue weighted by molar-refractivity contribution is 6.33. The van der Waals surface area contributed by atoms with Gasteiger partial charge in [-0.15, -0.1) is 0 Å². The molecule has 13 heteroatoms. The highest BCUT2D eigenvalue weighted by Crippen LogP contribution is 2.41. The molecule has 0 unspecified atom stereocenters. The molecule has 7 nitrogen and oxygen atoms in total. The number of carbonyl (C=O) groups is 1. The van der Waals surface area contributed by atoms with Crippen molar-refractivity contribution < 1.29 is 31.8 Å². The average molecular weight is 455 g/mol. The summed E-state index contributed by atoms with van der Waals surface area (Å²) in [6.07, 6.45) is -2.98. The number of aromatic nitrogens is 2. The first kappa shape index (κ1) is 21.2. The molecule has 3 rings (SSSR count). The lowest BCUT2D eigenvalue weighted by Gasteiger charge is -2.36. The molecule has 156 valence electrons. The highest BCUT2D eigenvalue weighted by atomic mass is 35.5. The third-order valence-electron chi connectivity index (χ3n) is 4.08. The second-order valence-electron chi connectivity index (χ2n) is 5.71. The van der Waals surface area contributed by atoms with Crippen LogP contribution in [0.25, 0.3) is 0 Å². The van der Waals surface area contributed by atoms with Crippen LogP contribution in [0.3, 0.4) is 0 Å². The minimum Gasteiger partial charge on any atom is -0.493 e. The Hall–Kier alpha value is -2.53. The second-order valence-corrected chi connectivity index (χ2v) is 6.41. The summed E-state index contributed by atoms with van der Waals surface area (Å²) < 4.78 is 65.6. The van der Waals surface area contributed by atoms with Crippen LogP contribution in [0.5, 0.6) is 11.5 Å². The normalized spacial score (nSPS) is 13.8. The molecule has 2 aromatic rings.